The number of fused-ring (bicyclic) bond motifs is 1. The standard InChI is InChI=1S/C24H26N2O4S/c1-25(15-18-6-3-4-8-21(18)28-2)17-24(27)26(16-20-7-5-13-31-20)19-9-10-22-23(14-19)30-12-11-29-22/h3-10,13-14H,11-12,15-17H2,1-2H3. The van der Waals surface area contributed by atoms with Crippen molar-refractivity contribution in [2.24, 2.45) is 0 Å². The Bertz CT molecular complexity index is 1020. The van der Waals surface area contributed by atoms with Gasteiger partial charge in [0.15, 0.2) is 11.5 Å². The van der Waals surface area contributed by atoms with Crippen molar-refractivity contribution >= 4 is 22.9 Å². The van der Waals surface area contributed by atoms with Crippen molar-refractivity contribution in [3.63, 3.8) is 0 Å². The van der Waals surface area contributed by atoms with E-state index in [9.17, 15) is 4.79 Å². The average Bonchev–Trinajstić information content (AvgIpc) is 3.30. The third-order valence-corrected chi connectivity index (χ3v) is 5.93. The number of amides is 1. The van der Waals surface area contributed by atoms with Crippen molar-refractivity contribution < 1.29 is 19.0 Å². The number of para-hydroxylation sites is 1. The maximum atomic E-state index is 13.4. The molecule has 0 radical (unpaired) electrons. The first-order valence-corrected chi connectivity index (χ1v) is 11.0. The monoisotopic (exact) mass is 438 g/mol. The average molecular weight is 439 g/mol. The number of anilines is 1. The molecule has 0 saturated heterocycles. The van der Waals surface area contributed by atoms with Crippen LogP contribution in [0.1, 0.15) is 10.4 Å². The first-order chi connectivity index (χ1) is 15.1. The van der Waals surface area contributed by atoms with Crippen LogP contribution in [0.3, 0.4) is 0 Å². The molecule has 0 saturated carbocycles. The second-order valence-corrected chi connectivity index (χ2v) is 8.40. The molecule has 31 heavy (non-hydrogen) atoms. The number of nitrogens with zero attached hydrogens (tertiary/aromatic N) is 2. The van der Waals surface area contributed by atoms with Gasteiger partial charge in [-0.15, -0.1) is 11.3 Å². The Morgan fingerprint density at radius 1 is 1.03 bits per heavy atom. The van der Waals surface area contributed by atoms with Gasteiger partial charge >= 0.3 is 0 Å². The Morgan fingerprint density at radius 2 is 1.84 bits per heavy atom. The number of rotatable bonds is 8. The van der Waals surface area contributed by atoms with Crippen LogP contribution in [0.2, 0.25) is 0 Å². The molecule has 7 heteroatoms. The van der Waals surface area contributed by atoms with Crippen molar-refractivity contribution in [3.05, 3.63) is 70.4 Å². The maximum Gasteiger partial charge on any atom is 0.241 e. The Balaban J connectivity index is 1.52. The molecular weight excluding hydrogens is 412 g/mol. The zero-order valence-corrected chi connectivity index (χ0v) is 18.6. The van der Waals surface area contributed by atoms with Gasteiger partial charge in [0.25, 0.3) is 0 Å². The molecule has 1 aromatic heterocycles. The summed E-state index contributed by atoms with van der Waals surface area (Å²) in [6, 6.07) is 17.6. The van der Waals surface area contributed by atoms with E-state index in [0.29, 0.717) is 37.8 Å². The van der Waals surface area contributed by atoms with Crippen LogP contribution >= 0.6 is 11.3 Å². The van der Waals surface area contributed by atoms with Gasteiger partial charge in [0.1, 0.15) is 19.0 Å². The first kappa shape index (κ1) is 21.2. The number of hydrogen-bond donors (Lipinski definition) is 0. The Labute approximate surface area is 186 Å². The van der Waals surface area contributed by atoms with Gasteiger partial charge < -0.3 is 19.1 Å². The van der Waals surface area contributed by atoms with Crippen LogP contribution in [0.15, 0.2) is 60.0 Å². The van der Waals surface area contributed by atoms with E-state index < -0.39 is 0 Å². The van der Waals surface area contributed by atoms with E-state index in [4.69, 9.17) is 14.2 Å². The van der Waals surface area contributed by atoms with Gasteiger partial charge in [-0.05, 0) is 36.7 Å². The summed E-state index contributed by atoms with van der Waals surface area (Å²) < 4.78 is 16.8. The molecule has 1 aliphatic heterocycles. The van der Waals surface area contributed by atoms with Gasteiger partial charge in [-0.3, -0.25) is 9.69 Å². The molecule has 162 valence electrons. The molecule has 0 atom stereocenters. The fourth-order valence-corrected chi connectivity index (χ4v) is 4.27. The lowest BCUT2D eigenvalue weighted by Crippen LogP contribution is -2.38. The first-order valence-electron chi connectivity index (χ1n) is 10.2. The predicted octanol–water partition coefficient (Wildman–Crippen LogP) is 4.19. The topological polar surface area (TPSA) is 51.2 Å². The minimum absolute atomic E-state index is 0.0162. The molecule has 6 nitrogen and oxygen atoms in total. The largest absolute Gasteiger partial charge is 0.496 e. The van der Waals surface area contributed by atoms with Crippen LogP contribution < -0.4 is 19.1 Å². The Kier molecular flexibility index (Phi) is 6.74. The number of carbonyl (C=O) groups is 1. The maximum absolute atomic E-state index is 13.4. The predicted molar refractivity (Wildman–Crippen MR) is 122 cm³/mol. The molecule has 2 aromatic carbocycles. The summed E-state index contributed by atoms with van der Waals surface area (Å²) in [6.45, 7) is 2.45. The fourth-order valence-electron chi connectivity index (χ4n) is 3.58. The van der Waals surface area contributed by atoms with Crippen molar-refractivity contribution in [2.75, 3.05) is 38.8 Å². The van der Waals surface area contributed by atoms with E-state index in [-0.39, 0.29) is 12.5 Å². The lowest BCUT2D eigenvalue weighted by molar-refractivity contribution is -0.119. The molecule has 3 aromatic rings. The number of carbonyl (C=O) groups excluding carboxylic acids is 1. The van der Waals surface area contributed by atoms with Gasteiger partial charge in [-0.2, -0.15) is 0 Å². The Hall–Kier alpha value is -3.03. The van der Waals surface area contributed by atoms with Gasteiger partial charge in [0, 0.05) is 28.7 Å². The van der Waals surface area contributed by atoms with E-state index in [1.54, 1.807) is 18.4 Å². The second kappa shape index (κ2) is 9.85. The zero-order chi connectivity index (χ0) is 21.6. The van der Waals surface area contributed by atoms with Gasteiger partial charge in [0.2, 0.25) is 5.91 Å². The third-order valence-electron chi connectivity index (χ3n) is 5.07. The Morgan fingerprint density at radius 3 is 2.61 bits per heavy atom. The van der Waals surface area contributed by atoms with Gasteiger partial charge in [0.05, 0.1) is 20.2 Å². The van der Waals surface area contributed by atoms with Crippen molar-refractivity contribution in [1.82, 2.24) is 4.90 Å². The minimum Gasteiger partial charge on any atom is -0.496 e. The highest BCUT2D eigenvalue weighted by Gasteiger charge is 2.22. The SMILES string of the molecule is COc1ccccc1CN(C)CC(=O)N(Cc1cccs1)c1ccc2c(c1)OCCO2. The number of ether oxygens (including phenoxy) is 3. The van der Waals surface area contributed by atoms with Crippen LogP contribution in [0, 0.1) is 0 Å². The van der Waals surface area contributed by atoms with Crippen LogP contribution in [0.25, 0.3) is 0 Å². The number of benzene rings is 2. The van der Waals surface area contributed by atoms with Crippen LogP contribution in [0.4, 0.5) is 5.69 Å². The van der Waals surface area contributed by atoms with Crippen LogP contribution in [0.5, 0.6) is 17.2 Å². The molecule has 1 aliphatic rings. The highest BCUT2D eigenvalue weighted by Crippen LogP contribution is 2.35. The van der Waals surface area contributed by atoms with Gasteiger partial charge in [-0.25, -0.2) is 0 Å². The van der Waals surface area contributed by atoms with E-state index in [1.807, 2.05) is 76.8 Å². The lowest BCUT2D eigenvalue weighted by atomic mass is 10.2. The highest BCUT2D eigenvalue weighted by molar-refractivity contribution is 7.09. The van der Waals surface area contributed by atoms with Crippen molar-refractivity contribution in [3.8, 4) is 17.2 Å². The zero-order valence-electron chi connectivity index (χ0n) is 17.7. The summed E-state index contributed by atoms with van der Waals surface area (Å²) in [6.07, 6.45) is 0. The van der Waals surface area contributed by atoms with E-state index in [1.165, 1.54) is 0 Å². The fraction of sp³-hybridized carbons (Fsp3) is 0.292. The summed E-state index contributed by atoms with van der Waals surface area (Å²) in [5, 5.41) is 2.02. The second-order valence-electron chi connectivity index (χ2n) is 7.37. The third kappa shape index (κ3) is 5.18. The molecule has 0 spiro atoms. The highest BCUT2D eigenvalue weighted by atomic mass is 32.1. The van der Waals surface area contributed by atoms with E-state index >= 15 is 0 Å². The molecule has 0 N–H and O–H groups in total. The van der Waals surface area contributed by atoms with E-state index in [0.717, 1.165) is 21.9 Å². The summed E-state index contributed by atoms with van der Waals surface area (Å²) in [7, 11) is 3.60. The molecule has 0 bridgehead atoms. The molecule has 4 rings (SSSR count). The summed E-state index contributed by atoms with van der Waals surface area (Å²) in [5.41, 5.74) is 1.85. The smallest absolute Gasteiger partial charge is 0.241 e. The van der Waals surface area contributed by atoms with Crippen LogP contribution in [-0.4, -0.2) is 44.7 Å². The summed E-state index contributed by atoms with van der Waals surface area (Å²) >= 11 is 1.64. The van der Waals surface area contributed by atoms with Crippen LogP contribution in [-0.2, 0) is 17.9 Å². The molecular formula is C24H26N2O4S. The van der Waals surface area contributed by atoms with Crippen molar-refractivity contribution in [1.29, 1.82) is 0 Å². The summed E-state index contributed by atoms with van der Waals surface area (Å²) in [5.74, 6) is 2.23. The molecule has 0 aliphatic carbocycles. The number of hydrogen-bond acceptors (Lipinski definition) is 6. The molecule has 1 amide bonds. The van der Waals surface area contributed by atoms with Gasteiger partial charge in [-0.1, -0.05) is 24.3 Å². The molecule has 0 unspecified atom stereocenters. The quantitative estimate of drug-likeness (QED) is 0.528. The van der Waals surface area contributed by atoms with E-state index in [2.05, 4.69) is 0 Å². The lowest BCUT2D eigenvalue weighted by Gasteiger charge is -2.27. The number of methoxy groups -OCH3 is 1. The molecule has 2 heterocycles. The number of likely N-dealkylation sites (N-methyl/N-ethyl adjacent to an activating group) is 1. The minimum atomic E-state index is 0.0162. The summed E-state index contributed by atoms with van der Waals surface area (Å²) in [4.78, 5) is 18.3. The number of thiophene rings is 1. The molecule has 0 fully saturated rings. The normalized spacial score (nSPS) is 12.6. The van der Waals surface area contributed by atoms with Crippen molar-refractivity contribution in [2.45, 2.75) is 13.1 Å².